The third kappa shape index (κ3) is 6.09. The van der Waals surface area contributed by atoms with Crippen molar-refractivity contribution in [3.05, 3.63) is 71.4 Å². The van der Waals surface area contributed by atoms with Gasteiger partial charge >= 0.3 is 6.03 Å². The lowest BCUT2D eigenvalue weighted by Gasteiger charge is -2.25. The number of hydrogen-bond acceptors (Lipinski definition) is 3. The molecule has 0 radical (unpaired) electrons. The molecule has 0 aliphatic heterocycles. The molecule has 8 heteroatoms. The van der Waals surface area contributed by atoms with Crippen LogP contribution in [0.25, 0.3) is 5.69 Å². The van der Waals surface area contributed by atoms with Gasteiger partial charge in [0.25, 0.3) is 0 Å². The molecule has 0 saturated carbocycles. The first-order valence-electron chi connectivity index (χ1n) is 11.1. The predicted molar refractivity (Wildman–Crippen MR) is 124 cm³/mol. The van der Waals surface area contributed by atoms with Crippen LogP contribution in [0.15, 0.2) is 48.5 Å². The van der Waals surface area contributed by atoms with Crippen molar-refractivity contribution in [1.29, 1.82) is 0 Å². The van der Waals surface area contributed by atoms with Gasteiger partial charge in [0.05, 0.1) is 23.5 Å². The van der Waals surface area contributed by atoms with E-state index in [2.05, 4.69) is 10.4 Å². The number of hydrogen-bond donors (Lipinski definition) is 1. The number of rotatable bonds is 9. The summed E-state index contributed by atoms with van der Waals surface area (Å²) in [5, 5.41) is 7.53. The molecule has 2 aromatic carbocycles. The number of halogens is 2. The van der Waals surface area contributed by atoms with Gasteiger partial charge in [-0.15, -0.1) is 0 Å². The van der Waals surface area contributed by atoms with Crippen molar-refractivity contribution in [1.82, 2.24) is 20.0 Å². The molecule has 1 heterocycles. The van der Waals surface area contributed by atoms with Crippen LogP contribution in [-0.4, -0.2) is 33.8 Å². The summed E-state index contributed by atoms with van der Waals surface area (Å²) in [6.45, 7) is 9.20. The Labute approximate surface area is 193 Å². The fraction of sp³-hybridized carbons (Fsp3) is 0.360. The minimum Gasteiger partial charge on any atom is -0.435 e. The van der Waals surface area contributed by atoms with E-state index < -0.39 is 11.6 Å². The van der Waals surface area contributed by atoms with Crippen LogP contribution in [0.4, 0.5) is 13.6 Å². The molecular weight excluding hydrogens is 426 g/mol. The minimum atomic E-state index is -0.820. The van der Waals surface area contributed by atoms with Crippen LogP contribution in [0.5, 0.6) is 11.6 Å². The number of carbonyl (C=O) groups is 1. The van der Waals surface area contributed by atoms with Gasteiger partial charge in [0.1, 0.15) is 5.82 Å². The summed E-state index contributed by atoms with van der Waals surface area (Å²) in [4.78, 5) is 14.5. The lowest BCUT2D eigenvalue weighted by molar-refractivity contribution is 0.187. The second-order valence-corrected chi connectivity index (χ2v) is 8.30. The van der Waals surface area contributed by atoms with Crippen molar-refractivity contribution >= 4 is 6.03 Å². The van der Waals surface area contributed by atoms with E-state index in [1.54, 1.807) is 9.58 Å². The molecule has 0 fully saturated rings. The summed E-state index contributed by atoms with van der Waals surface area (Å²) in [5.74, 6) is -1.12. The van der Waals surface area contributed by atoms with Gasteiger partial charge in [-0.2, -0.15) is 5.10 Å². The number of para-hydroxylation sites is 1. The van der Waals surface area contributed by atoms with E-state index >= 15 is 0 Å². The molecule has 3 rings (SSSR count). The van der Waals surface area contributed by atoms with E-state index in [0.717, 1.165) is 24.2 Å². The lowest BCUT2D eigenvalue weighted by atomic mass is 10.1. The number of urea groups is 1. The van der Waals surface area contributed by atoms with E-state index in [1.165, 1.54) is 6.07 Å². The molecule has 0 aliphatic carbocycles. The standard InChI is InChI=1S/C25H30F2N4O2/c1-5-13-28-25(32)30(15-17(2)3)16-21-18(4)29-31(20-9-7-6-8-10-20)24(21)33-23-12-11-19(26)14-22(23)27/h6-12,14,17H,5,13,15-16H2,1-4H3,(H,28,32). The van der Waals surface area contributed by atoms with E-state index in [9.17, 15) is 13.6 Å². The van der Waals surface area contributed by atoms with Crippen molar-refractivity contribution in [2.75, 3.05) is 13.1 Å². The number of ether oxygens (including phenoxy) is 1. The monoisotopic (exact) mass is 456 g/mol. The first-order chi connectivity index (χ1) is 15.8. The summed E-state index contributed by atoms with van der Waals surface area (Å²) in [6, 6.07) is 12.3. The molecule has 0 spiro atoms. The molecule has 0 saturated heterocycles. The maximum Gasteiger partial charge on any atom is 0.317 e. The van der Waals surface area contributed by atoms with E-state index in [-0.39, 0.29) is 30.1 Å². The number of nitrogens with one attached hydrogen (secondary N) is 1. The number of carbonyl (C=O) groups excluding carboxylic acids is 1. The second kappa shape index (κ2) is 10.9. The predicted octanol–water partition coefficient (Wildman–Crippen LogP) is 5.83. The molecule has 2 amide bonds. The van der Waals surface area contributed by atoms with E-state index in [4.69, 9.17) is 4.74 Å². The summed E-state index contributed by atoms with van der Waals surface area (Å²) in [6.07, 6.45) is 0.824. The van der Waals surface area contributed by atoms with Gasteiger partial charge in [0.2, 0.25) is 5.88 Å². The number of nitrogens with zero attached hydrogens (tertiary/aromatic N) is 3. The highest BCUT2D eigenvalue weighted by atomic mass is 19.1. The largest absolute Gasteiger partial charge is 0.435 e. The molecule has 6 nitrogen and oxygen atoms in total. The normalized spacial score (nSPS) is 11.0. The third-order valence-corrected chi connectivity index (χ3v) is 4.99. The maximum absolute atomic E-state index is 14.4. The van der Waals surface area contributed by atoms with E-state index in [1.807, 2.05) is 58.0 Å². The van der Waals surface area contributed by atoms with Gasteiger partial charge in [-0.1, -0.05) is 39.0 Å². The molecular formula is C25H30F2N4O2. The Kier molecular flexibility index (Phi) is 8.03. The van der Waals surface area contributed by atoms with Crippen molar-refractivity contribution in [3.63, 3.8) is 0 Å². The third-order valence-electron chi connectivity index (χ3n) is 4.99. The van der Waals surface area contributed by atoms with Crippen LogP contribution >= 0.6 is 0 Å². The average molecular weight is 457 g/mol. The molecule has 33 heavy (non-hydrogen) atoms. The smallest absolute Gasteiger partial charge is 0.317 e. The first kappa shape index (κ1) is 24.2. The van der Waals surface area contributed by atoms with Crippen LogP contribution in [-0.2, 0) is 6.54 Å². The van der Waals surface area contributed by atoms with Crippen LogP contribution < -0.4 is 10.1 Å². The van der Waals surface area contributed by atoms with Crippen molar-refractivity contribution < 1.29 is 18.3 Å². The highest BCUT2D eigenvalue weighted by molar-refractivity contribution is 5.74. The van der Waals surface area contributed by atoms with Crippen LogP contribution in [0, 0.1) is 24.5 Å². The molecule has 0 unspecified atom stereocenters. The molecule has 3 aromatic rings. The number of amides is 2. The summed E-state index contributed by atoms with van der Waals surface area (Å²) in [5.41, 5.74) is 2.01. The Morgan fingerprint density at radius 3 is 2.55 bits per heavy atom. The zero-order valence-corrected chi connectivity index (χ0v) is 19.4. The molecule has 1 aromatic heterocycles. The Morgan fingerprint density at radius 2 is 1.91 bits per heavy atom. The number of aryl methyl sites for hydroxylation is 1. The second-order valence-electron chi connectivity index (χ2n) is 8.30. The molecule has 0 bridgehead atoms. The fourth-order valence-corrected chi connectivity index (χ4v) is 3.43. The molecule has 1 N–H and O–H groups in total. The van der Waals surface area contributed by atoms with Gasteiger partial charge in [-0.25, -0.2) is 18.3 Å². The zero-order chi connectivity index (χ0) is 24.0. The van der Waals surface area contributed by atoms with Gasteiger partial charge in [-0.3, -0.25) is 0 Å². The van der Waals surface area contributed by atoms with Gasteiger partial charge in [0, 0.05) is 19.2 Å². The number of benzene rings is 2. The molecule has 0 atom stereocenters. The zero-order valence-electron chi connectivity index (χ0n) is 19.4. The molecule has 0 aliphatic rings. The summed E-state index contributed by atoms with van der Waals surface area (Å²) < 4.78 is 35.4. The first-order valence-corrected chi connectivity index (χ1v) is 11.1. The number of aromatic nitrogens is 2. The quantitative estimate of drug-likeness (QED) is 0.441. The highest BCUT2D eigenvalue weighted by Gasteiger charge is 2.24. The Morgan fingerprint density at radius 1 is 1.18 bits per heavy atom. The summed E-state index contributed by atoms with van der Waals surface area (Å²) in [7, 11) is 0. The van der Waals surface area contributed by atoms with Gasteiger partial charge < -0.3 is 15.0 Å². The Balaban J connectivity index is 2.05. The molecule has 176 valence electrons. The van der Waals surface area contributed by atoms with Crippen LogP contribution in [0.2, 0.25) is 0 Å². The fourth-order valence-electron chi connectivity index (χ4n) is 3.43. The van der Waals surface area contributed by atoms with Crippen molar-refractivity contribution in [2.24, 2.45) is 5.92 Å². The van der Waals surface area contributed by atoms with Crippen LogP contribution in [0.1, 0.15) is 38.4 Å². The highest BCUT2D eigenvalue weighted by Crippen LogP contribution is 2.33. The van der Waals surface area contributed by atoms with Gasteiger partial charge in [0.15, 0.2) is 11.6 Å². The van der Waals surface area contributed by atoms with E-state index in [0.29, 0.717) is 24.3 Å². The van der Waals surface area contributed by atoms with Gasteiger partial charge in [-0.05, 0) is 43.5 Å². The topological polar surface area (TPSA) is 59.4 Å². The SMILES string of the molecule is CCCNC(=O)N(Cc1c(C)nn(-c2ccccc2)c1Oc1ccc(F)cc1F)CC(C)C. The van der Waals surface area contributed by atoms with Crippen molar-refractivity contribution in [3.8, 4) is 17.3 Å². The van der Waals surface area contributed by atoms with Crippen LogP contribution in [0.3, 0.4) is 0 Å². The lowest BCUT2D eigenvalue weighted by Crippen LogP contribution is -2.41. The average Bonchev–Trinajstić information content (AvgIpc) is 3.08. The summed E-state index contributed by atoms with van der Waals surface area (Å²) >= 11 is 0. The van der Waals surface area contributed by atoms with Crippen molar-refractivity contribution in [2.45, 2.75) is 40.7 Å². The minimum absolute atomic E-state index is 0.124. The Hall–Kier alpha value is -3.42. The Bertz CT molecular complexity index is 1080. The maximum atomic E-state index is 14.4.